The fourth-order valence-corrected chi connectivity index (χ4v) is 1.35. The van der Waals surface area contributed by atoms with Gasteiger partial charge in [0, 0.05) is 17.5 Å². The van der Waals surface area contributed by atoms with E-state index in [1.807, 2.05) is 13.8 Å². The van der Waals surface area contributed by atoms with Crippen molar-refractivity contribution in [1.29, 1.82) is 0 Å². The maximum atomic E-state index is 11.4. The summed E-state index contributed by atoms with van der Waals surface area (Å²) in [5.74, 6) is 0.562. The van der Waals surface area contributed by atoms with Crippen molar-refractivity contribution in [3.8, 4) is 11.5 Å². The van der Waals surface area contributed by atoms with E-state index in [0.29, 0.717) is 17.8 Å². The minimum atomic E-state index is -0.163. The first-order valence-corrected chi connectivity index (χ1v) is 4.56. The monoisotopic (exact) mass is 189 g/mol. The molecule has 2 rings (SSSR count). The molecule has 14 heavy (non-hydrogen) atoms. The van der Waals surface area contributed by atoms with E-state index in [0.717, 1.165) is 11.4 Å². The van der Waals surface area contributed by atoms with Gasteiger partial charge in [-0.15, -0.1) is 0 Å². The number of rotatable bonds is 1. The van der Waals surface area contributed by atoms with Gasteiger partial charge in [0.1, 0.15) is 5.69 Å². The second-order valence-corrected chi connectivity index (χ2v) is 3.24. The van der Waals surface area contributed by atoms with Crippen LogP contribution in [0.25, 0.3) is 11.5 Å². The van der Waals surface area contributed by atoms with Crippen LogP contribution in [0.2, 0.25) is 0 Å². The minimum absolute atomic E-state index is 0.163. The summed E-state index contributed by atoms with van der Waals surface area (Å²) in [7, 11) is 0. The van der Waals surface area contributed by atoms with Crippen molar-refractivity contribution in [2.24, 2.45) is 0 Å². The topological polar surface area (TPSA) is 58.6 Å². The molecule has 0 spiro atoms. The molecular weight excluding hydrogens is 178 g/mol. The molecule has 0 bridgehead atoms. The molecule has 4 nitrogen and oxygen atoms in total. The minimum Gasteiger partial charge on any atom is -0.341 e. The average molecular weight is 189 g/mol. The van der Waals surface area contributed by atoms with E-state index < -0.39 is 0 Å². The van der Waals surface area contributed by atoms with Crippen LogP contribution in [-0.4, -0.2) is 15.0 Å². The largest absolute Gasteiger partial charge is 0.341 e. The normalized spacial score (nSPS) is 10.7. The van der Waals surface area contributed by atoms with Crippen LogP contribution in [0.5, 0.6) is 0 Å². The number of aryl methyl sites for hydroxylation is 2. The molecule has 0 saturated heterocycles. The smallest absolute Gasteiger partial charge is 0.275 e. The van der Waals surface area contributed by atoms with Gasteiger partial charge in [-0.2, -0.15) is 4.98 Å². The third-order valence-electron chi connectivity index (χ3n) is 2.14. The molecular formula is C10H11N3O. The highest BCUT2D eigenvalue weighted by atomic mass is 16.1. The van der Waals surface area contributed by atoms with Gasteiger partial charge in [0.15, 0.2) is 5.82 Å². The molecule has 0 aromatic carbocycles. The van der Waals surface area contributed by atoms with Gasteiger partial charge in [0.2, 0.25) is 0 Å². The molecule has 2 aliphatic rings. The number of pyridine rings is 1. The van der Waals surface area contributed by atoms with E-state index in [4.69, 9.17) is 0 Å². The second kappa shape index (κ2) is 3.21. The SMILES string of the molecule is CCc1cc2ncc(C)[nH]c-2nc1=O. The highest BCUT2D eigenvalue weighted by molar-refractivity contribution is 5.51. The van der Waals surface area contributed by atoms with Crippen molar-refractivity contribution in [3.63, 3.8) is 0 Å². The van der Waals surface area contributed by atoms with Crippen molar-refractivity contribution in [3.05, 3.63) is 33.9 Å². The van der Waals surface area contributed by atoms with Gasteiger partial charge in [-0.25, -0.2) is 0 Å². The molecule has 0 aliphatic carbocycles. The van der Waals surface area contributed by atoms with E-state index >= 15 is 0 Å². The van der Waals surface area contributed by atoms with Gasteiger partial charge < -0.3 is 4.98 Å². The van der Waals surface area contributed by atoms with Crippen LogP contribution in [0.1, 0.15) is 18.2 Å². The lowest BCUT2D eigenvalue weighted by Gasteiger charge is -2.05. The molecule has 0 aromatic rings. The Hall–Kier alpha value is -1.71. The number of fused-ring (bicyclic) bond motifs is 1. The number of aromatic amines is 1. The zero-order chi connectivity index (χ0) is 10.1. The van der Waals surface area contributed by atoms with Crippen LogP contribution in [0, 0.1) is 6.92 Å². The van der Waals surface area contributed by atoms with E-state index in [-0.39, 0.29) is 5.56 Å². The average Bonchev–Trinajstić information content (AvgIpc) is 2.16. The quantitative estimate of drug-likeness (QED) is 0.731. The van der Waals surface area contributed by atoms with Crippen molar-refractivity contribution >= 4 is 0 Å². The highest BCUT2D eigenvalue weighted by Crippen LogP contribution is 2.12. The van der Waals surface area contributed by atoms with Gasteiger partial charge in [0.25, 0.3) is 5.56 Å². The molecule has 0 radical (unpaired) electrons. The van der Waals surface area contributed by atoms with E-state index in [9.17, 15) is 4.79 Å². The molecule has 0 aromatic heterocycles. The summed E-state index contributed by atoms with van der Waals surface area (Å²) in [6.45, 7) is 3.81. The Kier molecular flexibility index (Phi) is 2.04. The van der Waals surface area contributed by atoms with Crippen LogP contribution in [0.3, 0.4) is 0 Å². The summed E-state index contributed by atoms with van der Waals surface area (Å²) in [6, 6.07) is 1.79. The standard InChI is InChI=1S/C10H11N3O/c1-3-7-4-8-9(13-10(7)14)12-6(2)5-11-8/h4-5H,3H2,1-2H3,(H,12,13,14). The number of H-pyrrole nitrogens is 1. The second-order valence-electron chi connectivity index (χ2n) is 3.24. The predicted molar refractivity (Wildman–Crippen MR) is 53.4 cm³/mol. The fourth-order valence-electron chi connectivity index (χ4n) is 1.35. The molecule has 0 fully saturated rings. The number of hydrogen-bond acceptors (Lipinski definition) is 3. The maximum absolute atomic E-state index is 11.4. The zero-order valence-electron chi connectivity index (χ0n) is 8.16. The Morgan fingerprint density at radius 3 is 3.00 bits per heavy atom. The molecule has 2 aliphatic heterocycles. The van der Waals surface area contributed by atoms with Gasteiger partial charge in [-0.3, -0.25) is 9.78 Å². The Labute approximate surface area is 81.4 Å². The molecule has 1 N–H and O–H groups in total. The van der Waals surface area contributed by atoms with Gasteiger partial charge in [-0.1, -0.05) is 6.92 Å². The Morgan fingerprint density at radius 1 is 1.50 bits per heavy atom. The summed E-state index contributed by atoms with van der Waals surface area (Å²) in [5.41, 5.74) is 2.19. The lowest BCUT2D eigenvalue weighted by Crippen LogP contribution is -2.15. The third-order valence-corrected chi connectivity index (χ3v) is 2.14. The van der Waals surface area contributed by atoms with Crippen LogP contribution < -0.4 is 5.56 Å². The Balaban J connectivity index is 2.75. The molecule has 4 heteroatoms. The van der Waals surface area contributed by atoms with E-state index in [1.165, 1.54) is 0 Å². The number of nitrogens with zero attached hydrogens (tertiary/aromatic N) is 2. The van der Waals surface area contributed by atoms with Crippen LogP contribution in [0.15, 0.2) is 17.1 Å². The highest BCUT2D eigenvalue weighted by Gasteiger charge is 2.08. The van der Waals surface area contributed by atoms with Gasteiger partial charge in [0.05, 0.1) is 0 Å². The molecule has 0 unspecified atom stereocenters. The molecule has 0 amide bonds. The summed E-state index contributed by atoms with van der Waals surface area (Å²) >= 11 is 0. The summed E-state index contributed by atoms with van der Waals surface area (Å²) in [4.78, 5) is 22.6. The summed E-state index contributed by atoms with van der Waals surface area (Å²) < 4.78 is 0. The first-order valence-electron chi connectivity index (χ1n) is 4.56. The van der Waals surface area contributed by atoms with Crippen LogP contribution in [0.4, 0.5) is 0 Å². The number of hydrogen-bond donors (Lipinski definition) is 1. The zero-order valence-corrected chi connectivity index (χ0v) is 8.16. The van der Waals surface area contributed by atoms with Crippen molar-refractivity contribution in [1.82, 2.24) is 15.0 Å². The first-order chi connectivity index (χ1) is 6.70. The van der Waals surface area contributed by atoms with Crippen LogP contribution >= 0.6 is 0 Å². The summed E-state index contributed by atoms with van der Waals surface area (Å²) in [6.07, 6.45) is 2.42. The third kappa shape index (κ3) is 1.39. The number of aromatic nitrogens is 3. The lowest BCUT2D eigenvalue weighted by molar-refractivity contribution is 0.995. The van der Waals surface area contributed by atoms with Crippen molar-refractivity contribution in [2.45, 2.75) is 20.3 Å². The molecule has 0 atom stereocenters. The fraction of sp³-hybridized carbons (Fsp3) is 0.300. The van der Waals surface area contributed by atoms with Crippen LogP contribution in [-0.2, 0) is 6.42 Å². The molecule has 72 valence electrons. The van der Waals surface area contributed by atoms with Crippen molar-refractivity contribution in [2.75, 3.05) is 0 Å². The van der Waals surface area contributed by atoms with Crippen molar-refractivity contribution < 1.29 is 0 Å². The molecule has 2 heterocycles. The predicted octanol–water partition coefficient (Wildman–Crippen LogP) is 1.14. The van der Waals surface area contributed by atoms with E-state index in [2.05, 4.69) is 15.0 Å². The lowest BCUT2D eigenvalue weighted by atomic mass is 10.2. The summed E-state index contributed by atoms with van der Waals surface area (Å²) in [5, 5.41) is 0. The van der Waals surface area contributed by atoms with E-state index in [1.54, 1.807) is 12.3 Å². The molecule has 0 saturated carbocycles. The Morgan fingerprint density at radius 2 is 2.29 bits per heavy atom. The maximum Gasteiger partial charge on any atom is 0.275 e. The van der Waals surface area contributed by atoms with Gasteiger partial charge >= 0.3 is 0 Å². The number of nitrogens with one attached hydrogen (secondary N) is 1. The Bertz CT molecular complexity index is 489. The first kappa shape index (κ1) is 8.87. The van der Waals surface area contributed by atoms with Gasteiger partial charge in [-0.05, 0) is 19.4 Å².